The summed E-state index contributed by atoms with van der Waals surface area (Å²) in [4.78, 5) is 22.8. The van der Waals surface area contributed by atoms with E-state index in [1.807, 2.05) is 30.3 Å². The topological polar surface area (TPSA) is 81.4 Å². The van der Waals surface area contributed by atoms with Crippen LogP contribution in [-0.2, 0) is 20.9 Å². The van der Waals surface area contributed by atoms with Crippen LogP contribution in [0.4, 0.5) is 0 Å². The van der Waals surface area contributed by atoms with Crippen LogP contribution >= 0.6 is 12.4 Å². The molecule has 3 N–H and O–H groups in total. The molecule has 0 aliphatic rings. The Morgan fingerprint density at radius 3 is 2.37 bits per heavy atom. The molecule has 0 aromatic heterocycles. The first-order valence-corrected chi connectivity index (χ1v) is 5.66. The molecule has 0 fully saturated rings. The van der Waals surface area contributed by atoms with E-state index in [1.165, 1.54) is 0 Å². The summed E-state index contributed by atoms with van der Waals surface area (Å²) in [5.41, 5.74) is 5.47. The molecular formula is C13H19ClN2O3. The molecule has 0 heterocycles. The van der Waals surface area contributed by atoms with Crippen LogP contribution in [0.5, 0.6) is 0 Å². The lowest BCUT2D eigenvalue weighted by Crippen LogP contribution is -2.50. The predicted octanol–water partition coefficient (Wildman–Crippen LogP) is 1.01. The lowest BCUT2D eigenvalue weighted by molar-refractivity contribution is -0.145. The summed E-state index contributed by atoms with van der Waals surface area (Å²) < 4.78 is 5.00. The molecule has 0 atom stereocenters. The molecule has 0 bridgehead atoms. The quantitative estimate of drug-likeness (QED) is 0.792. The Morgan fingerprint density at radius 1 is 1.26 bits per heavy atom. The van der Waals surface area contributed by atoms with Crippen molar-refractivity contribution in [3.05, 3.63) is 35.9 Å². The van der Waals surface area contributed by atoms with Crippen molar-refractivity contribution in [1.82, 2.24) is 5.32 Å². The monoisotopic (exact) mass is 286 g/mol. The Kier molecular flexibility index (Phi) is 7.11. The minimum atomic E-state index is -1.00. The van der Waals surface area contributed by atoms with Crippen molar-refractivity contribution in [3.8, 4) is 0 Å². The third-order valence-electron chi connectivity index (χ3n) is 2.22. The number of benzene rings is 1. The highest BCUT2D eigenvalue weighted by Gasteiger charge is 2.22. The standard InChI is InChI=1S/C13H18N2O3.ClH/c1-13(2,14)12(17)15-8-11(16)18-9-10-6-4-3-5-7-10;/h3-7H,8-9,14H2,1-2H3,(H,15,17);1H. The van der Waals surface area contributed by atoms with Gasteiger partial charge in [0.2, 0.25) is 5.91 Å². The smallest absolute Gasteiger partial charge is 0.325 e. The van der Waals surface area contributed by atoms with E-state index in [1.54, 1.807) is 13.8 Å². The van der Waals surface area contributed by atoms with Gasteiger partial charge in [0, 0.05) is 0 Å². The molecule has 1 rings (SSSR count). The maximum absolute atomic E-state index is 11.4. The third-order valence-corrected chi connectivity index (χ3v) is 2.22. The summed E-state index contributed by atoms with van der Waals surface area (Å²) in [5.74, 6) is -0.879. The van der Waals surface area contributed by atoms with Gasteiger partial charge in [0.1, 0.15) is 13.2 Å². The lowest BCUT2D eigenvalue weighted by atomic mass is 10.1. The molecule has 0 aliphatic carbocycles. The molecule has 6 heteroatoms. The average molecular weight is 287 g/mol. The molecule has 0 spiro atoms. The molecule has 1 aromatic rings. The number of amides is 1. The minimum absolute atomic E-state index is 0. The van der Waals surface area contributed by atoms with E-state index in [2.05, 4.69) is 5.32 Å². The molecule has 5 nitrogen and oxygen atoms in total. The van der Waals surface area contributed by atoms with E-state index in [-0.39, 0.29) is 31.5 Å². The first kappa shape index (κ1) is 17.4. The largest absolute Gasteiger partial charge is 0.460 e. The van der Waals surface area contributed by atoms with E-state index in [0.29, 0.717) is 0 Å². The van der Waals surface area contributed by atoms with Gasteiger partial charge in [0.15, 0.2) is 0 Å². The first-order chi connectivity index (χ1) is 8.39. The second-order valence-electron chi connectivity index (χ2n) is 4.55. The van der Waals surface area contributed by atoms with Gasteiger partial charge in [-0.15, -0.1) is 12.4 Å². The van der Waals surface area contributed by atoms with Gasteiger partial charge in [0.05, 0.1) is 5.54 Å². The van der Waals surface area contributed by atoms with Gasteiger partial charge < -0.3 is 15.8 Å². The number of nitrogens with one attached hydrogen (secondary N) is 1. The summed E-state index contributed by atoms with van der Waals surface area (Å²) in [5, 5.41) is 2.42. The number of carbonyl (C=O) groups excluding carboxylic acids is 2. The Balaban J connectivity index is 0.00000324. The number of carbonyl (C=O) groups is 2. The maximum Gasteiger partial charge on any atom is 0.325 e. The Hall–Kier alpha value is -1.59. The number of nitrogens with two attached hydrogens (primary N) is 1. The molecular weight excluding hydrogens is 268 g/mol. The normalized spacial score (nSPS) is 10.3. The van der Waals surface area contributed by atoms with Gasteiger partial charge in [-0.3, -0.25) is 9.59 Å². The van der Waals surface area contributed by atoms with Gasteiger partial charge in [-0.1, -0.05) is 30.3 Å². The van der Waals surface area contributed by atoms with E-state index in [4.69, 9.17) is 10.5 Å². The number of halogens is 1. The lowest BCUT2D eigenvalue weighted by Gasteiger charge is -2.17. The molecule has 19 heavy (non-hydrogen) atoms. The van der Waals surface area contributed by atoms with Crippen molar-refractivity contribution >= 4 is 24.3 Å². The molecule has 106 valence electrons. The second-order valence-corrected chi connectivity index (χ2v) is 4.55. The van der Waals surface area contributed by atoms with Crippen LogP contribution in [0.3, 0.4) is 0 Å². The zero-order valence-corrected chi connectivity index (χ0v) is 11.8. The van der Waals surface area contributed by atoms with Crippen molar-refractivity contribution in [2.75, 3.05) is 6.54 Å². The van der Waals surface area contributed by atoms with E-state index >= 15 is 0 Å². The van der Waals surface area contributed by atoms with Gasteiger partial charge in [0.25, 0.3) is 0 Å². The SMILES string of the molecule is CC(C)(N)C(=O)NCC(=O)OCc1ccccc1.Cl. The fraction of sp³-hybridized carbons (Fsp3) is 0.385. The van der Waals surface area contributed by atoms with Crippen LogP contribution in [0.2, 0.25) is 0 Å². The second kappa shape index (κ2) is 7.76. The van der Waals surface area contributed by atoms with E-state index < -0.39 is 11.5 Å². The van der Waals surface area contributed by atoms with Crippen LogP contribution in [0.1, 0.15) is 19.4 Å². The molecule has 0 saturated carbocycles. The van der Waals surface area contributed by atoms with Crippen molar-refractivity contribution < 1.29 is 14.3 Å². The highest BCUT2D eigenvalue weighted by atomic mass is 35.5. The number of esters is 1. The van der Waals surface area contributed by atoms with Crippen LogP contribution in [-0.4, -0.2) is 24.0 Å². The maximum atomic E-state index is 11.4. The average Bonchev–Trinajstić information content (AvgIpc) is 2.33. The van der Waals surface area contributed by atoms with Gasteiger partial charge >= 0.3 is 5.97 Å². The highest BCUT2D eigenvalue weighted by Crippen LogP contribution is 2.00. The summed E-state index contributed by atoms with van der Waals surface area (Å²) in [6.45, 7) is 3.16. The molecule has 1 amide bonds. The van der Waals surface area contributed by atoms with Gasteiger partial charge in [-0.2, -0.15) is 0 Å². The summed E-state index contributed by atoms with van der Waals surface area (Å²) in [6, 6.07) is 9.32. The highest BCUT2D eigenvalue weighted by molar-refractivity contribution is 5.88. The number of rotatable bonds is 5. The van der Waals surface area contributed by atoms with Gasteiger partial charge in [-0.25, -0.2) is 0 Å². The number of hydrogen-bond acceptors (Lipinski definition) is 4. The Labute approximate surface area is 118 Å². The minimum Gasteiger partial charge on any atom is -0.460 e. The molecule has 0 saturated heterocycles. The molecule has 0 radical (unpaired) electrons. The van der Waals surface area contributed by atoms with E-state index in [9.17, 15) is 9.59 Å². The van der Waals surface area contributed by atoms with Crippen LogP contribution in [0.15, 0.2) is 30.3 Å². The zero-order valence-electron chi connectivity index (χ0n) is 11.0. The summed E-state index contributed by atoms with van der Waals surface area (Å²) in [7, 11) is 0. The Bertz CT molecular complexity index is 416. The van der Waals surface area contributed by atoms with Crippen molar-refractivity contribution in [2.45, 2.75) is 26.0 Å². The number of ether oxygens (including phenoxy) is 1. The van der Waals surface area contributed by atoms with Gasteiger partial charge in [-0.05, 0) is 19.4 Å². The third kappa shape index (κ3) is 6.79. The number of hydrogen-bond donors (Lipinski definition) is 2. The zero-order chi connectivity index (χ0) is 13.6. The fourth-order valence-corrected chi connectivity index (χ4v) is 1.17. The Morgan fingerprint density at radius 2 is 1.84 bits per heavy atom. The van der Waals surface area contributed by atoms with Crippen molar-refractivity contribution in [1.29, 1.82) is 0 Å². The summed E-state index contributed by atoms with van der Waals surface area (Å²) >= 11 is 0. The first-order valence-electron chi connectivity index (χ1n) is 5.66. The van der Waals surface area contributed by atoms with Crippen molar-refractivity contribution in [2.24, 2.45) is 5.73 Å². The van der Waals surface area contributed by atoms with Crippen LogP contribution in [0, 0.1) is 0 Å². The predicted molar refractivity (Wildman–Crippen MR) is 74.8 cm³/mol. The van der Waals surface area contributed by atoms with Crippen molar-refractivity contribution in [3.63, 3.8) is 0 Å². The van der Waals surface area contributed by atoms with Crippen LogP contribution in [0.25, 0.3) is 0 Å². The van der Waals surface area contributed by atoms with Crippen LogP contribution < -0.4 is 11.1 Å². The summed E-state index contributed by atoms with van der Waals surface area (Å²) in [6.07, 6.45) is 0. The fourth-order valence-electron chi connectivity index (χ4n) is 1.17. The molecule has 1 aromatic carbocycles. The van der Waals surface area contributed by atoms with E-state index in [0.717, 1.165) is 5.56 Å². The molecule has 0 unspecified atom stereocenters. The molecule has 0 aliphatic heterocycles.